The molecule has 5 heterocycles. The largest absolute Gasteiger partial charge is 0.324 e. The standard InChI is InChI=1S/C32H22N10O2S/c33-42-45(43,44)23-15-7-14-22-24(23)32-40-30-21-13-6-5-12-20(21)28(38-30)36-26-17-9-2-1-8-16(17)25(34-26)35-27-18-10-3-4-11-19(18)29(37-27)39-31(22)41-32/h1-15,42H,33H2,(H4,34,35,36,37,38,39,40,41). The Bertz CT molecular complexity index is 2890. The summed E-state index contributed by atoms with van der Waals surface area (Å²) in [7, 11) is -4.07. The van der Waals surface area contributed by atoms with Crippen molar-refractivity contribution in [2.45, 2.75) is 4.90 Å². The van der Waals surface area contributed by atoms with E-state index in [1.54, 1.807) is 12.1 Å². The quantitative estimate of drug-likeness (QED) is 0.128. The Morgan fingerprint density at radius 2 is 0.844 bits per heavy atom. The van der Waals surface area contributed by atoms with Crippen molar-refractivity contribution < 1.29 is 8.42 Å². The molecule has 4 aromatic heterocycles. The van der Waals surface area contributed by atoms with E-state index in [9.17, 15) is 8.42 Å². The number of nitrogens with zero attached hydrogens (tertiary/aromatic N) is 4. The maximum absolute atomic E-state index is 13.1. The van der Waals surface area contributed by atoms with E-state index in [1.165, 1.54) is 6.07 Å². The van der Waals surface area contributed by atoms with E-state index in [2.05, 4.69) is 19.9 Å². The first-order valence-corrected chi connectivity index (χ1v) is 15.5. The fraction of sp³-hybridized carbons (Fsp3) is 0. The lowest BCUT2D eigenvalue weighted by Crippen LogP contribution is -2.30. The van der Waals surface area contributed by atoms with Gasteiger partial charge < -0.3 is 19.9 Å². The van der Waals surface area contributed by atoms with Gasteiger partial charge in [-0.1, -0.05) is 84.9 Å². The summed E-state index contributed by atoms with van der Waals surface area (Å²) in [6.45, 7) is 0. The molecule has 218 valence electrons. The van der Waals surface area contributed by atoms with Crippen LogP contribution in [0.2, 0.25) is 0 Å². The minimum absolute atomic E-state index is 0.0326. The predicted molar refractivity (Wildman–Crippen MR) is 171 cm³/mol. The molecule has 7 N–H and O–H groups in total. The second-order valence-corrected chi connectivity index (χ2v) is 12.4. The second kappa shape index (κ2) is 9.30. The molecule has 0 saturated heterocycles. The fourth-order valence-corrected chi connectivity index (χ4v) is 6.94. The highest BCUT2D eigenvalue weighted by atomic mass is 32.2. The molecule has 12 nitrogen and oxygen atoms in total. The van der Waals surface area contributed by atoms with Gasteiger partial charge in [-0.2, -0.15) is 4.83 Å². The number of H-pyrrole nitrogens is 4. The van der Waals surface area contributed by atoms with Crippen LogP contribution < -0.4 is 32.6 Å². The highest BCUT2D eigenvalue weighted by Crippen LogP contribution is 2.38. The number of sulfonamides is 1. The van der Waals surface area contributed by atoms with E-state index in [4.69, 9.17) is 25.8 Å². The molecule has 0 fully saturated rings. The zero-order chi connectivity index (χ0) is 30.3. The first-order valence-electron chi connectivity index (χ1n) is 14.0. The van der Waals surface area contributed by atoms with Crippen molar-refractivity contribution in [3.63, 3.8) is 0 Å². The molecule has 8 bridgehead atoms. The van der Waals surface area contributed by atoms with Crippen LogP contribution in [0.3, 0.4) is 0 Å². The molecule has 4 aromatic carbocycles. The van der Waals surface area contributed by atoms with Crippen LogP contribution >= 0.6 is 0 Å². The Balaban J connectivity index is 1.51. The molecule has 13 heteroatoms. The van der Waals surface area contributed by atoms with Crippen molar-refractivity contribution in [3.05, 3.63) is 113 Å². The van der Waals surface area contributed by atoms with Gasteiger partial charge in [0.1, 0.15) is 45.2 Å². The van der Waals surface area contributed by atoms with Crippen LogP contribution in [0.25, 0.3) is 43.1 Å². The molecular weight excluding hydrogens is 588 g/mol. The maximum Gasteiger partial charge on any atom is 0.253 e. The van der Waals surface area contributed by atoms with Gasteiger partial charge in [-0.3, -0.25) is 5.84 Å². The smallest absolute Gasteiger partial charge is 0.253 e. The van der Waals surface area contributed by atoms with Crippen LogP contribution in [0.5, 0.6) is 0 Å². The van der Waals surface area contributed by atoms with E-state index >= 15 is 0 Å². The minimum Gasteiger partial charge on any atom is -0.324 e. The van der Waals surface area contributed by atoms with E-state index < -0.39 is 10.0 Å². The molecule has 0 spiro atoms. The number of benzene rings is 4. The lowest BCUT2D eigenvalue weighted by atomic mass is 10.2. The van der Waals surface area contributed by atoms with E-state index in [0.717, 1.165) is 32.3 Å². The van der Waals surface area contributed by atoms with Gasteiger partial charge >= 0.3 is 0 Å². The molecular formula is C32H22N10O2S. The van der Waals surface area contributed by atoms with Crippen molar-refractivity contribution in [2.24, 2.45) is 25.8 Å². The number of aromatic nitrogens is 4. The summed E-state index contributed by atoms with van der Waals surface area (Å²) in [5.74, 6) is 7.46. The van der Waals surface area contributed by atoms with Gasteiger partial charge in [-0.15, -0.1) is 0 Å². The summed E-state index contributed by atoms with van der Waals surface area (Å²) in [6, 6.07) is 28.4. The number of hydrogen-bond acceptors (Lipinski definition) is 7. The van der Waals surface area contributed by atoms with Crippen molar-refractivity contribution in [3.8, 4) is 0 Å². The summed E-state index contributed by atoms with van der Waals surface area (Å²) in [5, 5.41) is 6.07. The number of aromatic amines is 4. The van der Waals surface area contributed by atoms with E-state index in [1.807, 2.05) is 77.6 Å². The molecule has 0 saturated carbocycles. The minimum atomic E-state index is -4.07. The Labute approximate surface area is 252 Å². The number of hydrogen-bond donors (Lipinski definition) is 6. The van der Waals surface area contributed by atoms with Gasteiger partial charge in [0.15, 0.2) is 0 Å². The monoisotopic (exact) mass is 610 g/mol. The summed E-state index contributed by atoms with van der Waals surface area (Å²) >= 11 is 0. The Morgan fingerprint density at radius 3 is 1.31 bits per heavy atom. The first kappa shape index (κ1) is 25.6. The van der Waals surface area contributed by atoms with Crippen LogP contribution in [-0.2, 0) is 10.0 Å². The molecule has 0 unspecified atom stereocenters. The zero-order valence-corrected chi connectivity index (χ0v) is 24.1. The lowest BCUT2D eigenvalue weighted by molar-refractivity contribution is 0.585. The van der Waals surface area contributed by atoms with Gasteiger partial charge in [0, 0.05) is 43.1 Å². The first-order chi connectivity index (χ1) is 22.0. The lowest BCUT2D eigenvalue weighted by Gasteiger charge is -2.04. The van der Waals surface area contributed by atoms with Crippen LogP contribution in [0.1, 0.15) is 0 Å². The fourth-order valence-electron chi connectivity index (χ4n) is 6.08. The second-order valence-electron chi connectivity index (χ2n) is 10.7. The molecule has 45 heavy (non-hydrogen) atoms. The number of rotatable bonds is 2. The van der Waals surface area contributed by atoms with E-state index in [0.29, 0.717) is 50.2 Å². The average molecular weight is 611 g/mol. The summed E-state index contributed by atoms with van der Waals surface area (Å²) in [6.07, 6.45) is 0. The summed E-state index contributed by atoms with van der Waals surface area (Å²) in [5.41, 5.74) is 2.23. The van der Waals surface area contributed by atoms with E-state index in [-0.39, 0.29) is 10.7 Å². The SMILES string of the molecule is NNS(=O)(=O)c1cccc2c3[nH]c(c12)N=c1[nH]c(c2ccccc12)=Nc1[nH]c(c2ccccc12)N=c1[nH]c(c2ccccc12)=N3. The van der Waals surface area contributed by atoms with Crippen molar-refractivity contribution in [2.75, 3.05) is 0 Å². The Morgan fingerprint density at radius 1 is 0.467 bits per heavy atom. The van der Waals surface area contributed by atoms with Gasteiger partial charge in [0.05, 0.1) is 4.90 Å². The van der Waals surface area contributed by atoms with Crippen molar-refractivity contribution >= 4 is 76.4 Å². The molecule has 1 aliphatic rings. The number of nitrogens with one attached hydrogen (secondary N) is 5. The molecule has 0 amide bonds. The van der Waals surface area contributed by atoms with Crippen LogP contribution in [-0.4, -0.2) is 28.4 Å². The molecule has 1 aliphatic heterocycles. The topological polar surface area (TPSA) is 185 Å². The zero-order valence-electron chi connectivity index (χ0n) is 23.3. The van der Waals surface area contributed by atoms with Crippen molar-refractivity contribution in [1.82, 2.24) is 24.8 Å². The summed E-state index contributed by atoms with van der Waals surface area (Å²) < 4.78 is 26.2. The van der Waals surface area contributed by atoms with Crippen molar-refractivity contribution in [1.29, 1.82) is 0 Å². The molecule has 0 atom stereocenters. The molecule has 9 rings (SSSR count). The van der Waals surface area contributed by atoms with Crippen LogP contribution in [0.15, 0.2) is 116 Å². The third-order valence-electron chi connectivity index (χ3n) is 8.12. The van der Waals surface area contributed by atoms with Gasteiger partial charge in [0.25, 0.3) is 10.0 Å². The third kappa shape index (κ3) is 3.82. The Hall–Kier alpha value is -5.89. The Kier molecular flexibility index (Phi) is 5.29. The summed E-state index contributed by atoms with van der Waals surface area (Å²) in [4.78, 5) is 35.4. The molecule has 0 aliphatic carbocycles. The molecule has 8 aromatic rings. The highest BCUT2D eigenvalue weighted by molar-refractivity contribution is 7.89. The van der Waals surface area contributed by atoms with Gasteiger partial charge in [0.2, 0.25) is 0 Å². The van der Waals surface area contributed by atoms with Gasteiger partial charge in [-0.05, 0) is 6.07 Å². The average Bonchev–Trinajstić information content (AvgIpc) is 3.80. The maximum atomic E-state index is 13.1. The normalized spacial score (nSPS) is 13.1. The predicted octanol–water partition coefficient (Wildman–Crippen LogP) is 3.88. The van der Waals surface area contributed by atoms with Crippen LogP contribution in [0.4, 0.5) is 23.3 Å². The number of fused-ring (bicyclic) bond motifs is 20. The molecule has 0 radical (unpaired) electrons. The van der Waals surface area contributed by atoms with Gasteiger partial charge in [-0.25, -0.2) is 28.4 Å². The highest BCUT2D eigenvalue weighted by Gasteiger charge is 2.22. The number of nitrogens with two attached hydrogens (primary N) is 1. The third-order valence-corrected chi connectivity index (χ3v) is 9.35. The number of hydrazine groups is 1. The van der Waals surface area contributed by atoms with Crippen LogP contribution in [0, 0.1) is 0 Å².